The van der Waals surface area contributed by atoms with E-state index in [1.54, 1.807) is 5.38 Å². The molecular formula is C19H13FN2O5S. The van der Waals surface area contributed by atoms with Gasteiger partial charge in [0.15, 0.2) is 0 Å². The Balaban J connectivity index is 2.01. The lowest BCUT2D eigenvalue weighted by Crippen LogP contribution is -2.15. The minimum Gasteiger partial charge on any atom is -0.465 e. The Kier molecular flexibility index (Phi) is 5.46. The molecule has 0 saturated heterocycles. The molecule has 3 aromatic rings. The third-order valence-corrected chi connectivity index (χ3v) is 4.80. The number of nitro groups is 1. The first-order chi connectivity index (χ1) is 13.4. The minimum absolute atomic E-state index is 0.0889. The summed E-state index contributed by atoms with van der Waals surface area (Å²) in [5.41, 5.74) is 0.611. The van der Waals surface area contributed by atoms with E-state index in [4.69, 9.17) is 4.74 Å². The molecular weight excluding hydrogens is 387 g/mol. The first kappa shape index (κ1) is 19.2. The number of nitro benzene ring substituents is 1. The largest absolute Gasteiger partial charge is 0.465 e. The number of benzene rings is 2. The Morgan fingerprint density at radius 3 is 2.46 bits per heavy atom. The van der Waals surface area contributed by atoms with Gasteiger partial charge in [0.1, 0.15) is 21.9 Å². The summed E-state index contributed by atoms with van der Waals surface area (Å²) in [5.74, 6) is -1.85. The Morgan fingerprint density at radius 1 is 1.14 bits per heavy atom. The Labute approximate surface area is 162 Å². The van der Waals surface area contributed by atoms with Crippen LogP contribution in [-0.2, 0) is 4.74 Å². The number of para-hydroxylation sites is 1. The summed E-state index contributed by atoms with van der Waals surface area (Å²) in [6.07, 6.45) is 0. The maximum Gasteiger partial charge on any atom is 0.341 e. The van der Waals surface area contributed by atoms with Crippen molar-refractivity contribution in [1.82, 2.24) is 0 Å². The molecule has 0 fully saturated rings. The predicted molar refractivity (Wildman–Crippen MR) is 102 cm³/mol. The number of esters is 1. The number of nitrogens with zero attached hydrogens (tertiary/aromatic N) is 1. The average molecular weight is 400 g/mol. The summed E-state index contributed by atoms with van der Waals surface area (Å²) >= 11 is 1.06. The van der Waals surface area contributed by atoms with Crippen molar-refractivity contribution in [3.63, 3.8) is 0 Å². The van der Waals surface area contributed by atoms with Gasteiger partial charge in [0.05, 0.1) is 12.0 Å². The van der Waals surface area contributed by atoms with Crippen molar-refractivity contribution in [3.05, 3.63) is 81.0 Å². The van der Waals surface area contributed by atoms with Crippen LogP contribution < -0.4 is 5.32 Å². The van der Waals surface area contributed by atoms with Gasteiger partial charge in [-0.05, 0) is 23.8 Å². The second-order valence-corrected chi connectivity index (χ2v) is 6.46. The van der Waals surface area contributed by atoms with E-state index in [1.807, 2.05) is 0 Å². The second-order valence-electron chi connectivity index (χ2n) is 5.58. The highest BCUT2D eigenvalue weighted by Gasteiger charge is 2.25. The number of nitrogens with one attached hydrogen (secondary N) is 1. The zero-order valence-electron chi connectivity index (χ0n) is 14.5. The number of methoxy groups -OCH3 is 1. The van der Waals surface area contributed by atoms with E-state index in [0.717, 1.165) is 11.3 Å². The van der Waals surface area contributed by atoms with E-state index in [0.29, 0.717) is 11.1 Å². The van der Waals surface area contributed by atoms with Crippen molar-refractivity contribution in [2.24, 2.45) is 0 Å². The second kappa shape index (κ2) is 7.97. The molecule has 1 N–H and O–H groups in total. The van der Waals surface area contributed by atoms with E-state index in [1.165, 1.54) is 55.6 Å². The average Bonchev–Trinajstić information content (AvgIpc) is 3.11. The van der Waals surface area contributed by atoms with Crippen molar-refractivity contribution in [3.8, 4) is 11.1 Å². The molecule has 1 aromatic heterocycles. The number of halogens is 1. The molecule has 0 aliphatic carbocycles. The van der Waals surface area contributed by atoms with Gasteiger partial charge in [-0.25, -0.2) is 9.18 Å². The fourth-order valence-electron chi connectivity index (χ4n) is 2.59. The lowest BCUT2D eigenvalue weighted by Gasteiger charge is -2.08. The number of ether oxygens (including phenoxy) is 1. The summed E-state index contributed by atoms with van der Waals surface area (Å²) in [4.78, 5) is 35.4. The SMILES string of the molecule is COC(=O)c1c(-c2ccc(F)cc2)csc1NC(=O)c1ccccc1[N+](=O)[O-]. The van der Waals surface area contributed by atoms with Crippen molar-refractivity contribution >= 4 is 33.9 Å². The van der Waals surface area contributed by atoms with Crippen LogP contribution in [0.3, 0.4) is 0 Å². The van der Waals surface area contributed by atoms with Gasteiger partial charge in [0.25, 0.3) is 11.6 Å². The minimum atomic E-state index is -0.732. The molecule has 28 heavy (non-hydrogen) atoms. The third-order valence-electron chi connectivity index (χ3n) is 3.91. The van der Waals surface area contributed by atoms with Crippen molar-refractivity contribution in [2.45, 2.75) is 0 Å². The molecule has 3 rings (SSSR count). The molecule has 142 valence electrons. The first-order valence-electron chi connectivity index (χ1n) is 7.93. The van der Waals surface area contributed by atoms with Gasteiger partial charge in [0.2, 0.25) is 0 Å². The lowest BCUT2D eigenvalue weighted by atomic mass is 10.0. The number of hydrogen-bond donors (Lipinski definition) is 1. The smallest absolute Gasteiger partial charge is 0.341 e. The predicted octanol–water partition coefficient (Wildman–Crippen LogP) is 4.50. The molecule has 7 nitrogen and oxygen atoms in total. The van der Waals surface area contributed by atoms with Crippen molar-refractivity contribution < 1.29 is 23.6 Å². The van der Waals surface area contributed by atoms with Gasteiger partial charge in [-0.3, -0.25) is 14.9 Å². The normalized spacial score (nSPS) is 10.4. The quantitative estimate of drug-likeness (QED) is 0.386. The number of rotatable bonds is 5. The maximum atomic E-state index is 13.2. The van der Waals surface area contributed by atoms with Crippen LogP contribution >= 0.6 is 11.3 Å². The molecule has 0 spiro atoms. The van der Waals surface area contributed by atoms with Gasteiger partial charge in [-0.2, -0.15) is 0 Å². The molecule has 0 radical (unpaired) electrons. The van der Waals surface area contributed by atoms with Gasteiger partial charge in [-0.15, -0.1) is 11.3 Å². The van der Waals surface area contributed by atoms with E-state index in [2.05, 4.69) is 5.32 Å². The van der Waals surface area contributed by atoms with Crippen LogP contribution in [0.25, 0.3) is 11.1 Å². The highest BCUT2D eigenvalue weighted by molar-refractivity contribution is 7.15. The van der Waals surface area contributed by atoms with E-state index < -0.39 is 22.6 Å². The molecule has 0 bridgehead atoms. The van der Waals surface area contributed by atoms with Crippen LogP contribution in [0.15, 0.2) is 53.9 Å². The number of carbonyl (C=O) groups is 2. The molecule has 0 atom stereocenters. The molecule has 9 heteroatoms. The Morgan fingerprint density at radius 2 is 1.82 bits per heavy atom. The zero-order chi connectivity index (χ0) is 20.3. The maximum absolute atomic E-state index is 13.2. The third kappa shape index (κ3) is 3.74. The highest BCUT2D eigenvalue weighted by atomic mass is 32.1. The molecule has 1 amide bonds. The van der Waals surface area contributed by atoms with Gasteiger partial charge in [0, 0.05) is 17.0 Å². The fraction of sp³-hybridized carbons (Fsp3) is 0.0526. The number of anilines is 1. The van der Waals surface area contributed by atoms with Crippen molar-refractivity contribution in [1.29, 1.82) is 0 Å². The summed E-state index contributed by atoms with van der Waals surface area (Å²) in [6.45, 7) is 0. The van der Waals surface area contributed by atoms with E-state index in [9.17, 15) is 24.1 Å². The summed E-state index contributed by atoms with van der Waals surface area (Å²) in [5, 5.41) is 15.5. The van der Waals surface area contributed by atoms with Crippen LogP contribution in [0.5, 0.6) is 0 Å². The van der Waals surface area contributed by atoms with E-state index >= 15 is 0 Å². The number of hydrogen-bond acceptors (Lipinski definition) is 6. The first-order valence-corrected chi connectivity index (χ1v) is 8.81. The lowest BCUT2D eigenvalue weighted by molar-refractivity contribution is -0.385. The van der Waals surface area contributed by atoms with Crippen LogP contribution in [0.4, 0.5) is 15.1 Å². The monoisotopic (exact) mass is 400 g/mol. The molecule has 0 unspecified atom stereocenters. The van der Waals surface area contributed by atoms with Crippen LogP contribution in [0.2, 0.25) is 0 Å². The summed E-state index contributed by atoms with van der Waals surface area (Å²) in [7, 11) is 1.20. The fourth-order valence-corrected chi connectivity index (χ4v) is 3.54. The molecule has 0 aliphatic rings. The standard InChI is InChI=1S/C19H13FN2O5S/c1-27-19(24)16-14(11-6-8-12(20)9-7-11)10-28-18(16)21-17(23)13-4-2-3-5-15(13)22(25)26/h2-10H,1H3,(H,21,23). The highest BCUT2D eigenvalue weighted by Crippen LogP contribution is 2.36. The van der Waals surface area contributed by atoms with Gasteiger partial charge < -0.3 is 10.1 Å². The van der Waals surface area contributed by atoms with E-state index in [-0.39, 0.29) is 21.8 Å². The summed E-state index contributed by atoms with van der Waals surface area (Å²) < 4.78 is 18.0. The number of carbonyl (C=O) groups excluding carboxylic acids is 2. The Hall–Kier alpha value is -3.59. The summed E-state index contributed by atoms with van der Waals surface area (Å²) in [6, 6.07) is 11.0. The molecule has 1 heterocycles. The van der Waals surface area contributed by atoms with Gasteiger partial charge >= 0.3 is 5.97 Å². The number of thiophene rings is 1. The Bertz CT molecular complexity index is 1060. The number of amides is 1. The van der Waals surface area contributed by atoms with Crippen molar-refractivity contribution in [2.75, 3.05) is 12.4 Å². The molecule has 0 saturated carbocycles. The van der Waals surface area contributed by atoms with Crippen LogP contribution in [-0.4, -0.2) is 23.9 Å². The van der Waals surface area contributed by atoms with Crippen LogP contribution in [0.1, 0.15) is 20.7 Å². The zero-order valence-corrected chi connectivity index (χ0v) is 15.3. The van der Waals surface area contributed by atoms with Crippen LogP contribution in [0, 0.1) is 15.9 Å². The molecule has 2 aromatic carbocycles. The van der Waals surface area contributed by atoms with Gasteiger partial charge in [-0.1, -0.05) is 24.3 Å². The topological polar surface area (TPSA) is 98.5 Å². The molecule has 0 aliphatic heterocycles.